The van der Waals surface area contributed by atoms with Crippen molar-refractivity contribution >= 4 is 5.78 Å². The van der Waals surface area contributed by atoms with E-state index >= 15 is 0 Å². The van der Waals surface area contributed by atoms with E-state index in [4.69, 9.17) is 4.74 Å². The largest absolute Gasteiger partial charge is 0.497 e. The lowest BCUT2D eigenvalue weighted by atomic mass is 9.93. The van der Waals surface area contributed by atoms with Gasteiger partial charge < -0.3 is 4.74 Å². The van der Waals surface area contributed by atoms with Crippen LogP contribution in [0.25, 0.3) is 0 Å². The van der Waals surface area contributed by atoms with Crippen molar-refractivity contribution in [3.8, 4) is 5.75 Å². The first-order valence-electron chi connectivity index (χ1n) is 6.43. The van der Waals surface area contributed by atoms with Gasteiger partial charge in [-0.25, -0.2) is 0 Å². The molecule has 2 aromatic carbocycles. The van der Waals surface area contributed by atoms with E-state index in [9.17, 15) is 4.79 Å². The average molecular weight is 254 g/mol. The van der Waals surface area contributed by atoms with Gasteiger partial charge in [0.15, 0.2) is 5.78 Å². The molecule has 0 amide bonds. The topological polar surface area (TPSA) is 26.3 Å². The molecular formula is C17H18O2. The fourth-order valence-corrected chi connectivity index (χ4v) is 2.12. The average Bonchev–Trinajstić information content (AvgIpc) is 2.47. The molecule has 1 atom stereocenters. The minimum Gasteiger partial charge on any atom is -0.497 e. The van der Waals surface area contributed by atoms with Crippen molar-refractivity contribution in [2.24, 2.45) is 5.92 Å². The monoisotopic (exact) mass is 254 g/mol. The zero-order valence-electron chi connectivity index (χ0n) is 11.3. The smallest absolute Gasteiger partial charge is 0.166 e. The highest BCUT2D eigenvalue weighted by Gasteiger charge is 2.16. The molecule has 0 aliphatic heterocycles. The molecule has 0 heterocycles. The first-order chi connectivity index (χ1) is 9.20. The van der Waals surface area contributed by atoms with Gasteiger partial charge in [0, 0.05) is 11.5 Å². The summed E-state index contributed by atoms with van der Waals surface area (Å²) in [4.78, 5) is 12.4. The third kappa shape index (κ3) is 3.44. The summed E-state index contributed by atoms with van der Waals surface area (Å²) in [5, 5.41) is 0. The van der Waals surface area contributed by atoms with E-state index in [0.29, 0.717) is 5.56 Å². The molecule has 0 fully saturated rings. The third-order valence-corrected chi connectivity index (χ3v) is 3.19. The zero-order chi connectivity index (χ0) is 13.7. The van der Waals surface area contributed by atoms with E-state index in [0.717, 1.165) is 12.2 Å². The molecule has 0 aliphatic carbocycles. The Morgan fingerprint density at radius 2 is 1.84 bits per heavy atom. The molecule has 2 nitrogen and oxygen atoms in total. The lowest BCUT2D eigenvalue weighted by Gasteiger charge is -2.11. The van der Waals surface area contributed by atoms with Crippen LogP contribution in [0.15, 0.2) is 54.6 Å². The van der Waals surface area contributed by atoms with Crippen LogP contribution < -0.4 is 4.74 Å². The summed E-state index contributed by atoms with van der Waals surface area (Å²) in [6.45, 7) is 1.97. The highest BCUT2D eigenvalue weighted by molar-refractivity contribution is 5.98. The van der Waals surface area contributed by atoms with Crippen LogP contribution in [-0.2, 0) is 6.42 Å². The minimum absolute atomic E-state index is 0.0329. The van der Waals surface area contributed by atoms with Gasteiger partial charge in [-0.2, -0.15) is 0 Å². The van der Waals surface area contributed by atoms with Crippen molar-refractivity contribution in [3.05, 3.63) is 65.7 Å². The predicted octanol–water partition coefficient (Wildman–Crippen LogP) is 3.76. The van der Waals surface area contributed by atoms with Gasteiger partial charge in [-0.3, -0.25) is 4.79 Å². The Balaban J connectivity index is 2.10. The number of rotatable bonds is 5. The molecule has 0 bridgehead atoms. The lowest BCUT2D eigenvalue weighted by molar-refractivity contribution is 0.0929. The maximum absolute atomic E-state index is 12.4. The number of ketones is 1. The molecule has 1 unspecified atom stereocenters. The first-order valence-corrected chi connectivity index (χ1v) is 6.43. The summed E-state index contributed by atoms with van der Waals surface area (Å²) in [5.41, 5.74) is 1.90. The third-order valence-electron chi connectivity index (χ3n) is 3.19. The van der Waals surface area contributed by atoms with Gasteiger partial charge in [-0.15, -0.1) is 0 Å². The van der Waals surface area contributed by atoms with Crippen LogP contribution in [0.3, 0.4) is 0 Å². The van der Waals surface area contributed by atoms with E-state index in [1.807, 2.05) is 43.3 Å². The van der Waals surface area contributed by atoms with Crippen LogP contribution in [0, 0.1) is 5.92 Å². The molecule has 0 spiro atoms. The molecule has 19 heavy (non-hydrogen) atoms. The summed E-state index contributed by atoms with van der Waals surface area (Å²) >= 11 is 0. The van der Waals surface area contributed by atoms with Crippen LogP contribution >= 0.6 is 0 Å². The maximum Gasteiger partial charge on any atom is 0.166 e. The Bertz CT molecular complexity index is 546. The number of carbonyl (C=O) groups excluding carboxylic acids is 1. The summed E-state index contributed by atoms with van der Waals surface area (Å²) in [6.07, 6.45) is 0.761. The van der Waals surface area contributed by atoms with Crippen molar-refractivity contribution in [2.45, 2.75) is 13.3 Å². The van der Waals surface area contributed by atoms with E-state index in [-0.39, 0.29) is 11.7 Å². The molecule has 0 aliphatic rings. The molecule has 0 saturated carbocycles. The Labute approximate surface area is 114 Å². The number of benzene rings is 2. The highest BCUT2D eigenvalue weighted by atomic mass is 16.5. The van der Waals surface area contributed by atoms with Gasteiger partial charge in [-0.1, -0.05) is 49.4 Å². The van der Waals surface area contributed by atoms with Crippen molar-refractivity contribution < 1.29 is 9.53 Å². The van der Waals surface area contributed by atoms with Gasteiger partial charge in [-0.05, 0) is 24.1 Å². The Hall–Kier alpha value is -2.09. The van der Waals surface area contributed by atoms with E-state index < -0.39 is 0 Å². The van der Waals surface area contributed by atoms with Gasteiger partial charge in [0.25, 0.3) is 0 Å². The number of carbonyl (C=O) groups is 1. The van der Waals surface area contributed by atoms with Gasteiger partial charge >= 0.3 is 0 Å². The van der Waals surface area contributed by atoms with Gasteiger partial charge in [0.05, 0.1) is 7.11 Å². The van der Waals surface area contributed by atoms with E-state index in [2.05, 4.69) is 12.1 Å². The molecule has 0 saturated heterocycles. The standard InChI is InChI=1S/C17H18O2/c1-13(11-14-7-4-3-5-8-14)17(18)15-9-6-10-16(12-15)19-2/h3-10,12-13H,11H2,1-2H3. The normalized spacial score (nSPS) is 11.9. The summed E-state index contributed by atoms with van der Waals surface area (Å²) in [5.74, 6) is 0.843. The van der Waals surface area contributed by atoms with Crippen molar-refractivity contribution in [1.82, 2.24) is 0 Å². The van der Waals surface area contributed by atoms with Crippen molar-refractivity contribution in [1.29, 1.82) is 0 Å². The number of ether oxygens (including phenoxy) is 1. The van der Waals surface area contributed by atoms with Gasteiger partial charge in [0.2, 0.25) is 0 Å². The van der Waals surface area contributed by atoms with Crippen LogP contribution in [0.1, 0.15) is 22.8 Å². The second-order valence-corrected chi connectivity index (χ2v) is 4.69. The maximum atomic E-state index is 12.4. The molecule has 0 aromatic heterocycles. The van der Waals surface area contributed by atoms with E-state index in [1.165, 1.54) is 5.56 Å². The highest BCUT2D eigenvalue weighted by Crippen LogP contribution is 2.18. The Morgan fingerprint density at radius 1 is 1.11 bits per heavy atom. The summed E-state index contributed by atoms with van der Waals surface area (Å²) in [6, 6.07) is 17.4. The molecule has 2 aromatic rings. The number of hydrogen-bond acceptors (Lipinski definition) is 2. The lowest BCUT2D eigenvalue weighted by Crippen LogP contribution is -2.14. The van der Waals surface area contributed by atoms with E-state index in [1.54, 1.807) is 13.2 Å². The Kier molecular flexibility index (Phi) is 4.35. The molecular weight excluding hydrogens is 236 g/mol. The fraction of sp³-hybridized carbons (Fsp3) is 0.235. The molecule has 0 radical (unpaired) electrons. The zero-order valence-corrected chi connectivity index (χ0v) is 11.3. The second-order valence-electron chi connectivity index (χ2n) is 4.69. The van der Waals surface area contributed by atoms with Crippen molar-refractivity contribution in [3.63, 3.8) is 0 Å². The van der Waals surface area contributed by atoms with Crippen LogP contribution in [0.5, 0.6) is 5.75 Å². The van der Waals surface area contributed by atoms with Crippen LogP contribution in [-0.4, -0.2) is 12.9 Å². The molecule has 98 valence electrons. The van der Waals surface area contributed by atoms with Crippen molar-refractivity contribution in [2.75, 3.05) is 7.11 Å². The fourth-order valence-electron chi connectivity index (χ4n) is 2.12. The van der Waals surface area contributed by atoms with Crippen LogP contribution in [0.4, 0.5) is 0 Å². The predicted molar refractivity (Wildman–Crippen MR) is 76.6 cm³/mol. The molecule has 2 rings (SSSR count). The SMILES string of the molecule is COc1cccc(C(=O)C(C)Cc2ccccc2)c1. The number of methoxy groups -OCH3 is 1. The first kappa shape index (κ1) is 13.3. The number of Topliss-reactive ketones (excluding diaryl/α,β-unsaturated/α-hetero) is 1. The Morgan fingerprint density at radius 3 is 2.53 bits per heavy atom. The minimum atomic E-state index is -0.0329. The summed E-state index contributed by atoms with van der Waals surface area (Å²) in [7, 11) is 1.61. The van der Waals surface area contributed by atoms with Crippen LogP contribution in [0.2, 0.25) is 0 Å². The second kappa shape index (κ2) is 6.19. The molecule has 0 N–H and O–H groups in total. The molecule has 2 heteroatoms. The van der Waals surface area contributed by atoms with Gasteiger partial charge in [0.1, 0.15) is 5.75 Å². The summed E-state index contributed by atoms with van der Waals surface area (Å²) < 4.78 is 5.15. The quantitative estimate of drug-likeness (QED) is 0.759. The number of hydrogen-bond donors (Lipinski definition) is 0.